The third kappa shape index (κ3) is 5.44. The summed E-state index contributed by atoms with van der Waals surface area (Å²) in [6.07, 6.45) is 0.547. The van der Waals surface area contributed by atoms with Gasteiger partial charge in [-0.05, 0) is 61.2 Å². The fourth-order valence-electron chi connectivity index (χ4n) is 5.12. The SMILES string of the molecule is CCC(C(N)=O)(c1ccccc1)N1CCN(c2ccc(NC(=O)Nc3cc(C)ccc3C)cc2F)CC1. The predicted octanol–water partition coefficient (Wildman–Crippen LogP) is 5.00. The lowest BCUT2D eigenvalue weighted by molar-refractivity contribution is -0.131. The maximum Gasteiger partial charge on any atom is 0.323 e. The Hall–Kier alpha value is -3.91. The first-order chi connectivity index (χ1) is 17.7. The zero-order valence-electron chi connectivity index (χ0n) is 21.6. The number of piperazine rings is 1. The van der Waals surface area contributed by atoms with E-state index in [1.165, 1.54) is 6.07 Å². The Morgan fingerprint density at radius 3 is 2.27 bits per heavy atom. The molecule has 7 nitrogen and oxygen atoms in total. The summed E-state index contributed by atoms with van der Waals surface area (Å²) in [6, 6.07) is 19.7. The number of primary amides is 1. The van der Waals surface area contributed by atoms with Crippen molar-refractivity contribution in [1.82, 2.24) is 4.90 Å². The normalized spacial score (nSPS) is 15.6. The molecule has 8 heteroatoms. The summed E-state index contributed by atoms with van der Waals surface area (Å²) in [7, 11) is 0. The molecule has 0 saturated carbocycles. The van der Waals surface area contributed by atoms with Gasteiger partial charge in [-0.15, -0.1) is 0 Å². The average Bonchev–Trinajstić information content (AvgIpc) is 2.88. The summed E-state index contributed by atoms with van der Waals surface area (Å²) in [6.45, 7) is 8.03. The van der Waals surface area contributed by atoms with E-state index in [0.29, 0.717) is 49.7 Å². The lowest BCUT2D eigenvalue weighted by atomic mass is 9.84. The molecule has 1 saturated heterocycles. The Morgan fingerprint density at radius 1 is 0.946 bits per heavy atom. The summed E-state index contributed by atoms with van der Waals surface area (Å²) in [4.78, 5) is 29.2. The second-order valence-electron chi connectivity index (χ2n) is 9.48. The van der Waals surface area contributed by atoms with Gasteiger partial charge in [0.15, 0.2) is 0 Å². The van der Waals surface area contributed by atoms with E-state index in [0.717, 1.165) is 16.7 Å². The number of amides is 3. The molecule has 4 rings (SSSR count). The summed E-state index contributed by atoms with van der Waals surface area (Å²) >= 11 is 0. The molecule has 0 spiro atoms. The number of anilines is 3. The van der Waals surface area contributed by atoms with E-state index in [-0.39, 0.29) is 5.91 Å². The van der Waals surface area contributed by atoms with E-state index in [1.54, 1.807) is 12.1 Å². The van der Waals surface area contributed by atoms with E-state index < -0.39 is 17.4 Å². The molecule has 37 heavy (non-hydrogen) atoms. The number of hydrogen-bond donors (Lipinski definition) is 3. The summed E-state index contributed by atoms with van der Waals surface area (Å²) < 4.78 is 15.1. The van der Waals surface area contributed by atoms with Crippen molar-refractivity contribution in [3.8, 4) is 0 Å². The second-order valence-corrected chi connectivity index (χ2v) is 9.48. The zero-order valence-corrected chi connectivity index (χ0v) is 21.6. The minimum absolute atomic E-state index is 0.366. The number of hydrogen-bond acceptors (Lipinski definition) is 4. The molecular weight excluding hydrogens is 469 g/mol. The van der Waals surface area contributed by atoms with Gasteiger partial charge in [-0.2, -0.15) is 0 Å². The Bertz CT molecular complexity index is 1270. The van der Waals surface area contributed by atoms with Crippen LogP contribution in [0.15, 0.2) is 66.7 Å². The van der Waals surface area contributed by atoms with Crippen LogP contribution in [0.1, 0.15) is 30.0 Å². The number of nitrogens with one attached hydrogen (secondary N) is 2. The Morgan fingerprint density at radius 2 is 1.65 bits per heavy atom. The van der Waals surface area contributed by atoms with Crippen LogP contribution in [0.3, 0.4) is 0 Å². The first-order valence-corrected chi connectivity index (χ1v) is 12.5. The van der Waals surface area contributed by atoms with Crippen molar-refractivity contribution in [2.24, 2.45) is 5.73 Å². The van der Waals surface area contributed by atoms with E-state index in [4.69, 9.17) is 5.73 Å². The van der Waals surface area contributed by atoms with Gasteiger partial charge in [-0.25, -0.2) is 9.18 Å². The summed E-state index contributed by atoms with van der Waals surface area (Å²) in [5.41, 5.74) is 9.43. The smallest absolute Gasteiger partial charge is 0.323 e. The summed E-state index contributed by atoms with van der Waals surface area (Å²) in [5, 5.41) is 5.52. The summed E-state index contributed by atoms with van der Waals surface area (Å²) in [5.74, 6) is -0.798. The van der Waals surface area contributed by atoms with Gasteiger partial charge in [0, 0.05) is 37.6 Å². The standard InChI is InChI=1S/C29H34FN5O2/c1-4-29(27(31)36,22-8-6-5-7-9-22)35-16-14-34(15-17-35)26-13-12-23(19-24(26)30)32-28(37)33-25-18-20(2)10-11-21(25)3/h5-13,18-19H,4,14-17H2,1-3H3,(H2,31,36)(H2,32,33,37). The van der Waals surface area contributed by atoms with Crippen LogP contribution in [0, 0.1) is 19.7 Å². The molecule has 1 heterocycles. The third-order valence-corrected chi connectivity index (χ3v) is 7.18. The van der Waals surface area contributed by atoms with Gasteiger partial charge < -0.3 is 21.3 Å². The molecule has 1 unspecified atom stereocenters. The first-order valence-electron chi connectivity index (χ1n) is 12.5. The fourth-order valence-corrected chi connectivity index (χ4v) is 5.12. The van der Waals surface area contributed by atoms with Gasteiger partial charge in [0.2, 0.25) is 5.91 Å². The number of rotatable bonds is 7. The van der Waals surface area contributed by atoms with Crippen LogP contribution in [0.2, 0.25) is 0 Å². The molecule has 1 aliphatic rings. The van der Waals surface area contributed by atoms with Crippen LogP contribution in [-0.2, 0) is 10.3 Å². The molecule has 0 bridgehead atoms. The number of carbonyl (C=O) groups excluding carboxylic acids is 2. The quantitative estimate of drug-likeness (QED) is 0.423. The molecule has 3 aromatic carbocycles. The van der Waals surface area contributed by atoms with Crippen LogP contribution >= 0.6 is 0 Å². The third-order valence-electron chi connectivity index (χ3n) is 7.18. The highest BCUT2D eigenvalue weighted by Gasteiger charge is 2.43. The fraction of sp³-hybridized carbons (Fsp3) is 0.310. The van der Waals surface area contributed by atoms with E-state index in [2.05, 4.69) is 15.5 Å². The van der Waals surface area contributed by atoms with Gasteiger partial charge in [-0.1, -0.05) is 49.4 Å². The minimum atomic E-state index is -0.900. The zero-order chi connectivity index (χ0) is 26.6. The maximum absolute atomic E-state index is 15.1. The van der Waals surface area contributed by atoms with Crippen molar-refractivity contribution in [1.29, 1.82) is 0 Å². The van der Waals surface area contributed by atoms with Gasteiger partial charge >= 0.3 is 6.03 Å². The number of urea groups is 1. The van der Waals surface area contributed by atoms with Crippen molar-refractivity contribution in [3.63, 3.8) is 0 Å². The highest BCUT2D eigenvalue weighted by Crippen LogP contribution is 2.34. The Kier molecular flexibility index (Phi) is 7.78. The lowest BCUT2D eigenvalue weighted by Crippen LogP contribution is -2.60. The Labute approximate surface area is 217 Å². The van der Waals surface area contributed by atoms with Crippen molar-refractivity contribution in [2.75, 3.05) is 41.7 Å². The largest absolute Gasteiger partial charge is 0.368 e. The van der Waals surface area contributed by atoms with Crippen molar-refractivity contribution in [3.05, 3.63) is 89.2 Å². The van der Waals surface area contributed by atoms with E-state index in [9.17, 15) is 9.59 Å². The van der Waals surface area contributed by atoms with Gasteiger partial charge in [0.1, 0.15) is 11.4 Å². The molecule has 4 N–H and O–H groups in total. The number of nitrogens with two attached hydrogens (primary N) is 1. The Balaban J connectivity index is 1.43. The predicted molar refractivity (Wildman–Crippen MR) is 146 cm³/mol. The van der Waals surface area contributed by atoms with Crippen LogP contribution in [0.5, 0.6) is 0 Å². The number of halogens is 1. The van der Waals surface area contributed by atoms with Crippen LogP contribution in [0.4, 0.5) is 26.2 Å². The topological polar surface area (TPSA) is 90.7 Å². The van der Waals surface area contributed by atoms with E-state index >= 15 is 4.39 Å². The maximum atomic E-state index is 15.1. The molecule has 0 radical (unpaired) electrons. The highest BCUT2D eigenvalue weighted by molar-refractivity contribution is 6.00. The monoisotopic (exact) mass is 503 g/mol. The van der Waals surface area contributed by atoms with Crippen molar-refractivity contribution < 1.29 is 14.0 Å². The van der Waals surface area contributed by atoms with Crippen LogP contribution in [-0.4, -0.2) is 43.0 Å². The molecule has 3 amide bonds. The molecular formula is C29H34FN5O2. The highest BCUT2D eigenvalue weighted by atomic mass is 19.1. The average molecular weight is 504 g/mol. The first kappa shape index (κ1) is 26.2. The number of benzene rings is 3. The number of carbonyl (C=O) groups is 2. The molecule has 1 aliphatic heterocycles. The van der Waals surface area contributed by atoms with Gasteiger partial charge in [0.25, 0.3) is 0 Å². The minimum Gasteiger partial charge on any atom is -0.368 e. The molecule has 194 valence electrons. The molecule has 0 aliphatic carbocycles. The second kappa shape index (κ2) is 11.0. The van der Waals surface area contributed by atoms with Crippen molar-refractivity contribution in [2.45, 2.75) is 32.7 Å². The molecule has 3 aromatic rings. The van der Waals surface area contributed by atoms with Crippen LogP contribution in [0.25, 0.3) is 0 Å². The number of nitrogens with zero attached hydrogens (tertiary/aromatic N) is 2. The molecule has 0 aromatic heterocycles. The van der Waals surface area contributed by atoms with Crippen LogP contribution < -0.4 is 21.3 Å². The number of aryl methyl sites for hydroxylation is 2. The lowest BCUT2D eigenvalue weighted by Gasteiger charge is -2.46. The van der Waals surface area contributed by atoms with Gasteiger partial charge in [-0.3, -0.25) is 9.69 Å². The van der Waals surface area contributed by atoms with Crippen molar-refractivity contribution >= 4 is 29.0 Å². The molecule has 1 atom stereocenters. The van der Waals surface area contributed by atoms with E-state index in [1.807, 2.05) is 74.2 Å². The molecule has 1 fully saturated rings. The van der Waals surface area contributed by atoms with Gasteiger partial charge in [0.05, 0.1) is 5.69 Å².